The zero-order valence-electron chi connectivity index (χ0n) is 15.5. The van der Waals surface area contributed by atoms with Crippen LogP contribution in [-0.4, -0.2) is 23.3 Å². The van der Waals surface area contributed by atoms with Crippen molar-refractivity contribution in [1.82, 2.24) is 4.90 Å². The summed E-state index contributed by atoms with van der Waals surface area (Å²) < 4.78 is 0. The van der Waals surface area contributed by atoms with E-state index in [0.29, 0.717) is 24.0 Å². The molecule has 2 rings (SSSR count). The maximum absolute atomic E-state index is 12.4. The minimum atomic E-state index is -0.108. The molecular formula is C21H25ClN2O2. The summed E-state index contributed by atoms with van der Waals surface area (Å²) in [4.78, 5) is 25.9. The number of carbonyl (C=O) groups is 2. The summed E-state index contributed by atoms with van der Waals surface area (Å²) in [7, 11) is 0. The third-order valence-corrected chi connectivity index (χ3v) is 4.60. The lowest BCUT2D eigenvalue weighted by atomic mass is 10.0. The SMILES string of the molecule is CC(=O)N(CCC(=O)Nc1ccccc1C(C)C)Cc1ccccc1Cl. The van der Waals surface area contributed by atoms with Gasteiger partial charge in [0.05, 0.1) is 0 Å². The molecule has 4 nitrogen and oxygen atoms in total. The second-order valence-corrected chi connectivity index (χ2v) is 6.98. The number of anilines is 1. The molecule has 0 saturated heterocycles. The molecule has 0 aliphatic heterocycles. The lowest BCUT2D eigenvalue weighted by molar-refractivity contribution is -0.129. The molecule has 2 aromatic carbocycles. The van der Waals surface area contributed by atoms with Gasteiger partial charge in [0.25, 0.3) is 0 Å². The van der Waals surface area contributed by atoms with Crippen LogP contribution >= 0.6 is 11.6 Å². The summed E-state index contributed by atoms with van der Waals surface area (Å²) in [6.07, 6.45) is 0.233. The first-order valence-electron chi connectivity index (χ1n) is 8.76. The van der Waals surface area contributed by atoms with Crippen LogP contribution in [0.1, 0.15) is 44.2 Å². The molecule has 2 amide bonds. The standard InChI is InChI=1S/C21H25ClN2O2/c1-15(2)18-9-5-7-11-20(18)23-21(26)12-13-24(16(3)25)14-17-8-4-6-10-19(17)22/h4-11,15H,12-14H2,1-3H3,(H,23,26). The van der Waals surface area contributed by atoms with Gasteiger partial charge in [0.2, 0.25) is 11.8 Å². The monoisotopic (exact) mass is 372 g/mol. The number of benzene rings is 2. The van der Waals surface area contributed by atoms with E-state index >= 15 is 0 Å². The molecule has 0 aliphatic carbocycles. The minimum absolute atomic E-state index is 0.0831. The van der Waals surface area contributed by atoms with Crippen molar-refractivity contribution >= 4 is 29.1 Å². The Balaban J connectivity index is 1.98. The van der Waals surface area contributed by atoms with E-state index in [1.54, 1.807) is 11.0 Å². The highest BCUT2D eigenvalue weighted by Crippen LogP contribution is 2.24. The van der Waals surface area contributed by atoms with Crippen LogP contribution < -0.4 is 5.32 Å². The van der Waals surface area contributed by atoms with Crippen molar-refractivity contribution in [3.63, 3.8) is 0 Å². The van der Waals surface area contributed by atoms with Crippen molar-refractivity contribution < 1.29 is 9.59 Å². The molecule has 0 atom stereocenters. The van der Waals surface area contributed by atoms with E-state index < -0.39 is 0 Å². The van der Waals surface area contributed by atoms with Crippen molar-refractivity contribution in [2.45, 2.75) is 39.7 Å². The smallest absolute Gasteiger partial charge is 0.226 e. The van der Waals surface area contributed by atoms with E-state index in [0.717, 1.165) is 16.8 Å². The molecule has 0 unspecified atom stereocenters. The van der Waals surface area contributed by atoms with Crippen LogP contribution in [0.15, 0.2) is 48.5 Å². The van der Waals surface area contributed by atoms with E-state index in [1.165, 1.54) is 6.92 Å². The molecule has 0 aromatic heterocycles. The summed E-state index contributed by atoms with van der Waals surface area (Å²) in [5, 5.41) is 3.58. The number of carbonyl (C=O) groups excluding carboxylic acids is 2. The fourth-order valence-electron chi connectivity index (χ4n) is 2.74. The zero-order valence-corrected chi connectivity index (χ0v) is 16.2. The number of hydrogen-bond donors (Lipinski definition) is 1. The highest BCUT2D eigenvalue weighted by molar-refractivity contribution is 6.31. The van der Waals surface area contributed by atoms with Gasteiger partial charge in [-0.15, -0.1) is 0 Å². The summed E-state index contributed by atoms with van der Waals surface area (Å²) in [6, 6.07) is 15.2. The fraction of sp³-hybridized carbons (Fsp3) is 0.333. The van der Waals surface area contributed by atoms with Crippen LogP contribution in [0.3, 0.4) is 0 Å². The number of nitrogens with one attached hydrogen (secondary N) is 1. The van der Waals surface area contributed by atoms with E-state index in [9.17, 15) is 9.59 Å². The maximum Gasteiger partial charge on any atom is 0.226 e. The van der Waals surface area contributed by atoms with Gasteiger partial charge >= 0.3 is 0 Å². The van der Waals surface area contributed by atoms with Crippen LogP contribution in [0.5, 0.6) is 0 Å². The van der Waals surface area contributed by atoms with Gasteiger partial charge in [0, 0.05) is 37.1 Å². The number of hydrogen-bond acceptors (Lipinski definition) is 2. The van der Waals surface area contributed by atoms with Crippen molar-refractivity contribution in [1.29, 1.82) is 0 Å². The first kappa shape index (κ1) is 20.0. The van der Waals surface area contributed by atoms with Crippen molar-refractivity contribution in [3.05, 3.63) is 64.7 Å². The molecule has 0 fully saturated rings. The first-order chi connectivity index (χ1) is 12.4. The van der Waals surface area contributed by atoms with Crippen LogP contribution in [0.2, 0.25) is 5.02 Å². The van der Waals surface area contributed by atoms with Gasteiger partial charge in [-0.3, -0.25) is 9.59 Å². The lowest BCUT2D eigenvalue weighted by Gasteiger charge is -2.22. The Morgan fingerprint density at radius 3 is 2.38 bits per heavy atom. The number of nitrogens with zero attached hydrogens (tertiary/aromatic N) is 1. The molecule has 0 bridgehead atoms. The van der Waals surface area contributed by atoms with Crippen LogP contribution in [0, 0.1) is 0 Å². The van der Waals surface area contributed by atoms with Crippen LogP contribution in [0.4, 0.5) is 5.69 Å². The van der Waals surface area contributed by atoms with E-state index in [-0.39, 0.29) is 18.2 Å². The molecule has 0 aliphatic rings. The minimum Gasteiger partial charge on any atom is -0.338 e. The first-order valence-corrected chi connectivity index (χ1v) is 9.14. The van der Waals surface area contributed by atoms with Crippen molar-refractivity contribution in [2.24, 2.45) is 0 Å². The third-order valence-electron chi connectivity index (χ3n) is 4.23. The van der Waals surface area contributed by atoms with E-state index in [1.807, 2.05) is 42.5 Å². The Hall–Kier alpha value is -2.33. The molecule has 0 heterocycles. The molecule has 1 N–H and O–H groups in total. The third kappa shape index (κ3) is 5.60. The second-order valence-electron chi connectivity index (χ2n) is 6.57. The van der Waals surface area contributed by atoms with E-state index in [4.69, 9.17) is 11.6 Å². The Bertz CT molecular complexity index is 774. The maximum atomic E-state index is 12.4. The van der Waals surface area contributed by atoms with Gasteiger partial charge in [0.15, 0.2) is 0 Å². The summed E-state index contributed by atoms with van der Waals surface area (Å²) in [6.45, 7) is 6.42. The lowest BCUT2D eigenvalue weighted by Crippen LogP contribution is -2.31. The number of amides is 2. The molecule has 0 spiro atoms. The highest BCUT2D eigenvalue weighted by Gasteiger charge is 2.14. The molecule has 26 heavy (non-hydrogen) atoms. The largest absolute Gasteiger partial charge is 0.338 e. The van der Waals surface area contributed by atoms with Gasteiger partial charge in [-0.1, -0.05) is 61.8 Å². The van der Waals surface area contributed by atoms with Gasteiger partial charge in [-0.05, 0) is 29.2 Å². The summed E-state index contributed by atoms with van der Waals surface area (Å²) >= 11 is 6.17. The highest BCUT2D eigenvalue weighted by atomic mass is 35.5. The Morgan fingerprint density at radius 2 is 1.73 bits per heavy atom. The van der Waals surface area contributed by atoms with Gasteiger partial charge < -0.3 is 10.2 Å². The van der Waals surface area contributed by atoms with Crippen LogP contribution in [-0.2, 0) is 16.1 Å². The fourth-order valence-corrected chi connectivity index (χ4v) is 2.94. The summed E-state index contributed by atoms with van der Waals surface area (Å²) in [5.74, 6) is 0.129. The van der Waals surface area contributed by atoms with Crippen LogP contribution in [0.25, 0.3) is 0 Å². The number of halogens is 1. The predicted octanol–water partition coefficient (Wildman–Crippen LogP) is 4.84. The Labute approximate surface area is 160 Å². The molecule has 2 aromatic rings. The van der Waals surface area contributed by atoms with E-state index in [2.05, 4.69) is 19.2 Å². The Morgan fingerprint density at radius 1 is 1.08 bits per heavy atom. The average molecular weight is 373 g/mol. The topological polar surface area (TPSA) is 49.4 Å². The average Bonchev–Trinajstić information content (AvgIpc) is 2.60. The van der Waals surface area contributed by atoms with Gasteiger partial charge in [0.1, 0.15) is 0 Å². The zero-order chi connectivity index (χ0) is 19.1. The molecule has 138 valence electrons. The van der Waals surface area contributed by atoms with Crippen molar-refractivity contribution in [3.8, 4) is 0 Å². The molecule has 0 saturated carbocycles. The van der Waals surface area contributed by atoms with Crippen molar-refractivity contribution in [2.75, 3.05) is 11.9 Å². The molecule has 5 heteroatoms. The quantitative estimate of drug-likeness (QED) is 0.755. The van der Waals surface area contributed by atoms with Gasteiger partial charge in [-0.25, -0.2) is 0 Å². The summed E-state index contributed by atoms with van der Waals surface area (Å²) in [5.41, 5.74) is 2.79. The normalized spacial score (nSPS) is 10.7. The Kier molecular flexibility index (Phi) is 7.22. The molecular weight excluding hydrogens is 348 g/mol. The second kappa shape index (κ2) is 9.39. The molecule has 0 radical (unpaired) electrons. The predicted molar refractivity (Wildman–Crippen MR) is 106 cm³/mol. The number of para-hydroxylation sites is 1. The van der Waals surface area contributed by atoms with Gasteiger partial charge in [-0.2, -0.15) is 0 Å². The number of rotatable bonds is 7.